The van der Waals surface area contributed by atoms with Gasteiger partial charge in [-0.15, -0.1) is 0 Å². The van der Waals surface area contributed by atoms with Gasteiger partial charge in [-0.1, -0.05) is 0 Å². The summed E-state index contributed by atoms with van der Waals surface area (Å²) in [4.78, 5) is 13.6. The second-order valence-corrected chi connectivity index (χ2v) is 4.30. The number of nitrogens with one attached hydrogen (secondary N) is 1. The van der Waals surface area contributed by atoms with Crippen LogP contribution in [0, 0.1) is 6.92 Å². The third-order valence-corrected chi connectivity index (χ3v) is 3.02. The van der Waals surface area contributed by atoms with E-state index in [-0.39, 0.29) is 12.7 Å². The molecule has 0 spiro atoms. The van der Waals surface area contributed by atoms with Crippen LogP contribution in [0.5, 0.6) is 11.5 Å². The predicted octanol–water partition coefficient (Wildman–Crippen LogP) is 1.30. The standard InChI is InChI=1S/C13H18N2O3/c1-9-6-11-12(18-8-17-11)7-10(9)15(3)13(16)4-5-14-2/h6-7,14H,4-5,8H2,1-3H3. The molecule has 1 heterocycles. The molecule has 1 amide bonds. The summed E-state index contributed by atoms with van der Waals surface area (Å²) >= 11 is 0. The number of ether oxygens (including phenoxy) is 2. The molecule has 0 saturated carbocycles. The summed E-state index contributed by atoms with van der Waals surface area (Å²) < 4.78 is 10.6. The normalized spacial score (nSPS) is 12.6. The second kappa shape index (κ2) is 5.27. The van der Waals surface area contributed by atoms with Crippen LogP contribution in [0.15, 0.2) is 12.1 Å². The van der Waals surface area contributed by atoms with E-state index in [0.717, 1.165) is 17.0 Å². The molecule has 1 aromatic carbocycles. The first-order valence-electron chi connectivity index (χ1n) is 5.95. The minimum absolute atomic E-state index is 0.0753. The van der Waals surface area contributed by atoms with E-state index in [4.69, 9.17) is 9.47 Å². The van der Waals surface area contributed by atoms with Gasteiger partial charge in [0.2, 0.25) is 12.7 Å². The van der Waals surface area contributed by atoms with Gasteiger partial charge in [-0.2, -0.15) is 0 Å². The number of nitrogens with zero attached hydrogens (tertiary/aromatic N) is 1. The van der Waals surface area contributed by atoms with Crippen LogP contribution in [0.1, 0.15) is 12.0 Å². The lowest BCUT2D eigenvalue weighted by Gasteiger charge is -2.20. The summed E-state index contributed by atoms with van der Waals surface area (Å²) in [5.41, 5.74) is 1.86. The Hall–Kier alpha value is -1.75. The first-order valence-corrected chi connectivity index (χ1v) is 5.95. The minimum atomic E-state index is 0.0753. The quantitative estimate of drug-likeness (QED) is 0.875. The molecule has 0 aromatic heterocycles. The molecule has 0 bridgehead atoms. The molecule has 0 radical (unpaired) electrons. The molecule has 0 saturated heterocycles. The Bertz CT molecular complexity index is 460. The molecule has 1 aliphatic heterocycles. The van der Waals surface area contributed by atoms with Crippen LogP contribution in [-0.2, 0) is 4.79 Å². The van der Waals surface area contributed by atoms with Crippen molar-refractivity contribution in [2.24, 2.45) is 0 Å². The number of carbonyl (C=O) groups is 1. The Morgan fingerprint density at radius 1 is 1.39 bits per heavy atom. The number of hydrogen-bond donors (Lipinski definition) is 1. The molecule has 0 aliphatic carbocycles. The van der Waals surface area contributed by atoms with Gasteiger partial charge in [-0.3, -0.25) is 4.79 Å². The molecular formula is C13H18N2O3. The van der Waals surface area contributed by atoms with Gasteiger partial charge in [-0.05, 0) is 25.6 Å². The number of anilines is 1. The van der Waals surface area contributed by atoms with Crippen molar-refractivity contribution in [3.8, 4) is 11.5 Å². The van der Waals surface area contributed by atoms with E-state index >= 15 is 0 Å². The lowest BCUT2D eigenvalue weighted by Crippen LogP contribution is -2.29. The summed E-state index contributed by atoms with van der Waals surface area (Å²) in [5, 5.41) is 2.97. The van der Waals surface area contributed by atoms with Crippen molar-refractivity contribution in [3.05, 3.63) is 17.7 Å². The summed E-state index contributed by atoms with van der Waals surface area (Å²) in [6.45, 7) is 2.88. The Morgan fingerprint density at radius 3 is 2.72 bits per heavy atom. The van der Waals surface area contributed by atoms with E-state index in [1.807, 2.05) is 26.1 Å². The molecule has 2 rings (SSSR count). The van der Waals surface area contributed by atoms with Gasteiger partial charge in [0.25, 0.3) is 0 Å². The molecule has 18 heavy (non-hydrogen) atoms. The van der Waals surface area contributed by atoms with Crippen molar-refractivity contribution in [1.82, 2.24) is 5.32 Å². The average molecular weight is 250 g/mol. The second-order valence-electron chi connectivity index (χ2n) is 4.30. The summed E-state index contributed by atoms with van der Waals surface area (Å²) in [7, 11) is 3.61. The van der Waals surface area contributed by atoms with Gasteiger partial charge in [0.15, 0.2) is 11.5 Å². The van der Waals surface area contributed by atoms with Crippen LogP contribution in [0.4, 0.5) is 5.69 Å². The Balaban J connectivity index is 2.20. The van der Waals surface area contributed by atoms with Gasteiger partial charge in [-0.25, -0.2) is 0 Å². The SMILES string of the molecule is CNCCC(=O)N(C)c1cc2c(cc1C)OCO2. The zero-order chi connectivity index (χ0) is 13.1. The molecule has 0 unspecified atom stereocenters. The maximum absolute atomic E-state index is 12.0. The first kappa shape index (κ1) is 12.7. The van der Waals surface area contributed by atoms with E-state index in [1.165, 1.54) is 0 Å². The van der Waals surface area contributed by atoms with Crippen LogP contribution in [0.3, 0.4) is 0 Å². The van der Waals surface area contributed by atoms with Gasteiger partial charge >= 0.3 is 0 Å². The zero-order valence-electron chi connectivity index (χ0n) is 10.9. The third kappa shape index (κ3) is 2.41. The van der Waals surface area contributed by atoms with Crippen LogP contribution >= 0.6 is 0 Å². The summed E-state index contributed by atoms with van der Waals surface area (Å²) in [6, 6.07) is 3.76. The number of carbonyl (C=O) groups excluding carboxylic acids is 1. The first-order chi connectivity index (χ1) is 8.63. The molecule has 98 valence electrons. The van der Waals surface area contributed by atoms with Gasteiger partial charge < -0.3 is 19.7 Å². The van der Waals surface area contributed by atoms with Crippen molar-refractivity contribution in [1.29, 1.82) is 0 Å². The number of benzene rings is 1. The molecule has 5 nitrogen and oxygen atoms in total. The van der Waals surface area contributed by atoms with Gasteiger partial charge in [0, 0.05) is 26.1 Å². The average Bonchev–Trinajstić information content (AvgIpc) is 2.81. The van der Waals surface area contributed by atoms with Crippen LogP contribution in [-0.4, -0.2) is 33.3 Å². The Labute approximate surface area is 107 Å². The Kier molecular flexibility index (Phi) is 3.72. The lowest BCUT2D eigenvalue weighted by molar-refractivity contribution is -0.118. The van der Waals surface area contributed by atoms with Crippen molar-refractivity contribution >= 4 is 11.6 Å². The molecule has 0 atom stereocenters. The smallest absolute Gasteiger partial charge is 0.231 e. The summed E-state index contributed by atoms with van der Waals surface area (Å²) in [5.74, 6) is 1.52. The molecule has 5 heteroatoms. The van der Waals surface area contributed by atoms with Crippen LogP contribution < -0.4 is 19.7 Å². The van der Waals surface area contributed by atoms with E-state index in [9.17, 15) is 4.79 Å². The lowest BCUT2D eigenvalue weighted by atomic mass is 10.1. The van der Waals surface area contributed by atoms with Crippen LogP contribution in [0.25, 0.3) is 0 Å². The van der Waals surface area contributed by atoms with Gasteiger partial charge in [0.1, 0.15) is 0 Å². The maximum atomic E-state index is 12.0. The third-order valence-electron chi connectivity index (χ3n) is 3.02. The highest BCUT2D eigenvalue weighted by Gasteiger charge is 2.19. The number of aryl methyl sites for hydroxylation is 1. The number of amides is 1. The molecular weight excluding hydrogens is 232 g/mol. The summed E-state index contributed by atoms with van der Waals surface area (Å²) in [6.07, 6.45) is 0.473. The van der Waals surface area contributed by atoms with Crippen molar-refractivity contribution < 1.29 is 14.3 Å². The largest absolute Gasteiger partial charge is 0.454 e. The monoisotopic (exact) mass is 250 g/mol. The van der Waals surface area contributed by atoms with E-state index in [1.54, 1.807) is 11.9 Å². The fourth-order valence-corrected chi connectivity index (χ4v) is 1.93. The minimum Gasteiger partial charge on any atom is -0.454 e. The van der Waals surface area contributed by atoms with E-state index in [0.29, 0.717) is 18.7 Å². The zero-order valence-corrected chi connectivity index (χ0v) is 10.9. The molecule has 1 aliphatic rings. The van der Waals surface area contributed by atoms with Gasteiger partial charge in [0.05, 0.1) is 5.69 Å². The highest BCUT2D eigenvalue weighted by atomic mass is 16.7. The fraction of sp³-hybridized carbons (Fsp3) is 0.462. The number of fused-ring (bicyclic) bond motifs is 1. The predicted molar refractivity (Wildman–Crippen MR) is 69.3 cm³/mol. The van der Waals surface area contributed by atoms with Crippen molar-refractivity contribution in [2.75, 3.05) is 32.3 Å². The molecule has 1 aromatic rings. The number of rotatable bonds is 4. The van der Waals surface area contributed by atoms with Crippen molar-refractivity contribution in [2.45, 2.75) is 13.3 Å². The van der Waals surface area contributed by atoms with E-state index < -0.39 is 0 Å². The van der Waals surface area contributed by atoms with Crippen LogP contribution in [0.2, 0.25) is 0 Å². The fourth-order valence-electron chi connectivity index (χ4n) is 1.93. The maximum Gasteiger partial charge on any atom is 0.231 e. The Morgan fingerprint density at radius 2 is 2.06 bits per heavy atom. The van der Waals surface area contributed by atoms with Crippen molar-refractivity contribution in [3.63, 3.8) is 0 Å². The molecule has 1 N–H and O–H groups in total. The molecule has 0 fully saturated rings. The highest BCUT2D eigenvalue weighted by Crippen LogP contribution is 2.37. The topological polar surface area (TPSA) is 50.8 Å². The van der Waals surface area contributed by atoms with E-state index in [2.05, 4.69) is 5.32 Å². The highest BCUT2D eigenvalue weighted by molar-refractivity contribution is 5.94. The number of hydrogen-bond acceptors (Lipinski definition) is 4.